The molecule has 1 saturated heterocycles. The van der Waals surface area contributed by atoms with Gasteiger partial charge in [0.15, 0.2) is 0 Å². The van der Waals surface area contributed by atoms with Gasteiger partial charge < -0.3 is 14.8 Å². The molecule has 1 aliphatic rings. The highest BCUT2D eigenvalue weighted by Gasteiger charge is 2.20. The fourth-order valence-corrected chi connectivity index (χ4v) is 1.64. The van der Waals surface area contributed by atoms with Crippen molar-refractivity contribution in [2.45, 2.75) is 26.4 Å². The van der Waals surface area contributed by atoms with Gasteiger partial charge in [-0.05, 0) is 25.8 Å². The highest BCUT2D eigenvalue weighted by atomic mass is 16.5. The molecule has 1 heterocycles. The fourth-order valence-electron chi connectivity index (χ4n) is 1.64. The summed E-state index contributed by atoms with van der Waals surface area (Å²) in [6.07, 6.45) is 1.56. The van der Waals surface area contributed by atoms with Gasteiger partial charge in [-0.3, -0.25) is 0 Å². The number of rotatable bonds is 5. The number of hydrogen-bond acceptors (Lipinski definition) is 3. The average Bonchev–Trinajstić information content (AvgIpc) is 2.15. The van der Waals surface area contributed by atoms with Crippen molar-refractivity contribution < 1.29 is 9.47 Å². The van der Waals surface area contributed by atoms with Crippen molar-refractivity contribution in [3.63, 3.8) is 0 Å². The van der Waals surface area contributed by atoms with Gasteiger partial charge in [0, 0.05) is 13.2 Å². The Kier molecular flexibility index (Phi) is 5.35. The third kappa shape index (κ3) is 4.07. The van der Waals surface area contributed by atoms with Gasteiger partial charge in [-0.25, -0.2) is 0 Å². The summed E-state index contributed by atoms with van der Waals surface area (Å²) in [5.74, 6) is 0.635. The smallest absolute Gasteiger partial charge is 0.0704 e. The Morgan fingerprint density at radius 3 is 2.92 bits per heavy atom. The SMILES string of the molecule is CCOCCOC1CCNCC1C. The van der Waals surface area contributed by atoms with E-state index in [1.807, 2.05) is 6.92 Å². The van der Waals surface area contributed by atoms with Crippen LogP contribution >= 0.6 is 0 Å². The lowest BCUT2D eigenvalue weighted by Crippen LogP contribution is -2.40. The van der Waals surface area contributed by atoms with Crippen molar-refractivity contribution in [1.82, 2.24) is 5.32 Å². The van der Waals surface area contributed by atoms with Crippen LogP contribution in [0.25, 0.3) is 0 Å². The van der Waals surface area contributed by atoms with Crippen LogP contribution in [0.3, 0.4) is 0 Å². The van der Waals surface area contributed by atoms with Crippen LogP contribution in [0.2, 0.25) is 0 Å². The van der Waals surface area contributed by atoms with Crippen molar-refractivity contribution in [3.05, 3.63) is 0 Å². The molecule has 1 N–H and O–H groups in total. The molecule has 0 aliphatic carbocycles. The van der Waals surface area contributed by atoms with Gasteiger partial charge in [-0.2, -0.15) is 0 Å². The van der Waals surface area contributed by atoms with Crippen LogP contribution in [0.1, 0.15) is 20.3 Å². The van der Waals surface area contributed by atoms with Crippen LogP contribution in [-0.2, 0) is 9.47 Å². The molecule has 0 radical (unpaired) electrons. The quantitative estimate of drug-likeness (QED) is 0.652. The maximum atomic E-state index is 5.73. The molecular weight excluding hydrogens is 166 g/mol. The van der Waals surface area contributed by atoms with Crippen LogP contribution in [0, 0.1) is 5.92 Å². The summed E-state index contributed by atoms with van der Waals surface area (Å²) in [4.78, 5) is 0. The minimum absolute atomic E-state index is 0.432. The summed E-state index contributed by atoms with van der Waals surface area (Å²) in [5.41, 5.74) is 0. The van der Waals surface area contributed by atoms with E-state index in [0.717, 1.165) is 39.3 Å². The van der Waals surface area contributed by atoms with Gasteiger partial charge in [0.05, 0.1) is 19.3 Å². The zero-order chi connectivity index (χ0) is 9.52. The van der Waals surface area contributed by atoms with Crippen LogP contribution in [0.4, 0.5) is 0 Å². The maximum Gasteiger partial charge on any atom is 0.0704 e. The molecule has 13 heavy (non-hydrogen) atoms. The first-order valence-corrected chi connectivity index (χ1v) is 5.24. The summed E-state index contributed by atoms with van der Waals surface area (Å²) in [6, 6.07) is 0. The summed E-state index contributed by atoms with van der Waals surface area (Å²) in [7, 11) is 0. The zero-order valence-electron chi connectivity index (χ0n) is 8.71. The third-order valence-corrected chi connectivity index (χ3v) is 2.47. The Bertz CT molecular complexity index is 130. The predicted octanol–water partition coefficient (Wildman–Crippen LogP) is 1.04. The molecule has 0 bridgehead atoms. The van der Waals surface area contributed by atoms with Gasteiger partial charge in [-0.15, -0.1) is 0 Å². The van der Waals surface area contributed by atoms with Crippen LogP contribution in [-0.4, -0.2) is 39.0 Å². The van der Waals surface area contributed by atoms with Crippen molar-refractivity contribution in [2.24, 2.45) is 5.92 Å². The minimum atomic E-state index is 0.432. The highest BCUT2D eigenvalue weighted by molar-refractivity contribution is 4.75. The molecule has 78 valence electrons. The molecular formula is C10H21NO2. The third-order valence-electron chi connectivity index (χ3n) is 2.47. The summed E-state index contributed by atoms with van der Waals surface area (Å²) < 4.78 is 11.0. The van der Waals surface area contributed by atoms with Crippen LogP contribution in [0.5, 0.6) is 0 Å². The lowest BCUT2D eigenvalue weighted by molar-refractivity contribution is -0.0274. The van der Waals surface area contributed by atoms with Gasteiger partial charge in [-0.1, -0.05) is 6.92 Å². The van der Waals surface area contributed by atoms with Crippen molar-refractivity contribution in [1.29, 1.82) is 0 Å². The van der Waals surface area contributed by atoms with E-state index in [4.69, 9.17) is 9.47 Å². The number of nitrogens with one attached hydrogen (secondary N) is 1. The summed E-state index contributed by atoms with van der Waals surface area (Å²) in [5, 5.41) is 3.35. The summed E-state index contributed by atoms with van der Waals surface area (Å²) in [6.45, 7) is 8.66. The van der Waals surface area contributed by atoms with Crippen LogP contribution < -0.4 is 5.32 Å². The first-order chi connectivity index (χ1) is 6.34. The Morgan fingerprint density at radius 1 is 1.38 bits per heavy atom. The Morgan fingerprint density at radius 2 is 2.23 bits per heavy atom. The predicted molar refractivity (Wildman–Crippen MR) is 52.9 cm³/mol. The Hall–Kier alpha value is -0.120. The first kappa shape index (κ1) is 11.0. The molecule has 1 rings (SSSR count). The van der Waals surface area contributed by atoms with E-state index in [2.05, 4.69) is 12.2 Å². The van der Waals surface area contributed by atoms with E-state index < -0.39 is 0 Å². The number of piperidine rings is 1. The second-order valence-electron chi connectivity index (χ2n) is 3.58. The molecule has 3 nitrogen and oxygen atoms in total. The standard InChI is InChI=1S/C10H21NO2/c1-3-12-6-7-13-10-4-5-11-8-9(10)2/h9-11H,3-8H2,1-2H3. The van der Waals surface area contributed by atoms with Crippen molar-refractivity contribution in [3.8, 4) is 0 Å². The van der Waals surface area contributed by atoms with E-state index in [9.17, 15) is 0 Å². The second-order valence-corrected chi connectivity index (χ2v) is 3.58. The molecule has 0 aromatic heterocycles. The van der Waals surface area contributed by atoms with Crippen LogP contribution in [0.15, 0.2) is 0 Å². The van der Waals surface area contributed by atoms with E-state index in [1.165, 1.54) is 0 Å². The summed E-state index contributed by atoms with van der Waals surface area (Å²) >= 11 is 0. The van der Waals surface area contributed by atoms with E-state index in [-0.39, 0.29) is 0 Å². The topological polar surface area (TPSA) is 30.5 Å². The maximum absolute atomic E-state index is 5.73. The monoisotopic (exact) mass is 187 g/mol. The molecule has 0 spiro atoms. The van der Waals surface area contributed by atoms with Gasteiger partial charge >= 0.3 is 0 Å². The van der Waals surface area contributed by atoms with Gasteiger partial charge in [0.1, 0.15) is 0 Å². The van der Waals surface area contributed by atoms with E-state index >= 15 is 0 Å². The lowest BCUT2D eigenvalue weighted by atomic mass is 9.98. The average molecular weight is 187 g/mol. The molecule has 0 aromatic carbocycles. The molecule has 1 fully saturated rings. The van der Waals surface area contributed by atoms with Crippen molar-refractivity contribution in [2.75, 3.05) is 32.9 Å². The number of ether oxygens (including phenoxy) is 2. The Balaban J connectivity index is 2.05. The van der Waals surface area contributed by atoms with Crippen molar-refractivity contribution >= 4 is 0 Å². The second kappa shape index (κ2) is 6.35. The lowest BCUT2D eigenvalue weighted by Gasteiger charge is -2.29. The normalized spacial score (nSPS) is 29.1. The van der Waals surface area contributed by atoms with E-state index in [1.54, 1.807) is 0 Å². The molecule has 0 aromatic rings. The molecule has 1 aliphatic heterocycles. The molecule has 3 heteroatoms. The van der Waals surface area contributed by atoms with E-state index in [0.29, 0.717) is 12.0 Å². The molecule has 0 saturated carbocycles. The van der Waals surface area contributed by atoms with Gasteiger partial charge in [0.2, 0.25) is 0 Å². The highest BCUT2D eigenvalue weighted by Crippen LogP contribution is 2.13. The fraction of sp³-hybridized carbons (Fsp3) is 1.00. The molecule has 0 amide bonds. The molecule has 2 unspecified atom stereocenters. The van der Waals surface area contributed by atoms with Gasteiger partial charge in [0.25, 0.3) is 0 Å². The first-order valence-electron chi connectivity index (χ1n) is 5.24. The Labute approximate surface area is 80.8 Å². The largest absolute Gasteiger partial charge is 0.379 e. The zero-order valence-corrected chi connectivity index (χ0v) is 8.71. The number of hydrogen-bond donors (Lipinski definition) is 1. The minimum Gasteiger partial charge on any atom is -0.379 e. The molecule has 2 atom stereocenters.